The van der Waals surface area contributed by atoms with Crippen molar-refractivity contribution in [3.05, 3.63) is 26.8 Å². The number of nitrogens with zero attached hydrogens (tertiary/aromatic N) is 1. The molecule has 0 aromatic heterocycles. The van der Waals surface area contributed by atoms with Gasteiger partial charge in [0, 0.05) is 3.57 Å². The molecule has 0 heterocycles. The molecule has 0 spiro atoms. The first-order chi connectivity index (χ1) is 8.78. The summed E-state index contributed by atoms with van der Waals surface area (Å²) in [7, 11) is 0. The van der Waals surface area contributed by atoms with Gasteiger partial charge in [-0.1, -0.05) is 0 Å². The zero-order valence-electron chi connectivity index (χ0n) is 9.55. The smallest absolute Gasteiger partial charge is 0.462 e. The molecule has 0 aliphatic rings. The zero-order valence-corrected chi connectivity index (χ0v) is 11.7. The van der Waals surface area contributed by atoms with E-state index in [0.717, 1.165) is 12.1 Å². The number of hydrogen-bond donors (Lipinski definition) is 0. The highest BCUT2D eigenvalue weighted by Crippen LogP contribution is 2.28. The van der Waals surface area contributed by atoms with Crippen LogP contribution >= 0.6 is 22.6 Å². The number of carbonyl (C=O) groups is 1. The molecular weight excluding hydrogens is 378 g/mol. The maximum Gasteiger partial charge on any atom is 0.573 e. The molecule has 0 N–H and O–H groups in total. The fourth-order valence-corrected chi connectivity index (χ4v) is 1.98. The molecule has 0 fully saturated rings. The van der Waals surface area contributed by atoms with Gasteiger partial charge in [0.05, 0.1) is 17.7 Å². The number of benzene rings is 1. The van der Waals surface area contributed by atoms with Crippen LogP contribution in [0.1, 0.15) is 22.8 Å². The molecule has 0 saturated heterocycles. The Bertz CT molecular complexity index is 537. The van der Waals surface area contributed by atoms with Gasteiger partial charge in [0.25, 0.3) is 0 Å². The van der Waals surface area contributed by atoms with Crippen molar-refractivity contribution < 1.29 is 27.4 Å². The van der Waals surface area contributed by atoms with Crippen molar-refractivity contribution in [3.63, 3.8) is 0 Å². The van der Waals surface area contributed by atoms with Crippen LogP contribution in [0.3, 0.4) is 0 Å². The van der Waals surface area contributed by atoms with Gasteiger partial charge >= 0.3 is 12.3 Å². The van der Waals surface area contributed by atoms with E-state index in [9.17, 15) is 18.0 Å². The van der Waals surface area contributed by atoms with Crippen molar-refractivity contribution in [2.24, 2.45) is 0 Å². The number of carbonyl (C=O) groups excluding carboxylic acids is 1. The molecule has 0 aliphatic carbocycles. The van der Waals surface area contributed by atoms with Crippen molar-refractivity contribution in [1.29, 1.82) is 5.26 Å². The molecule has 19 heavy (non-hydrogen) atoms. The Balaban J connectivity index is 3.27. The average molecular weight is 385 g/mol. The standard InChI is InChI=1S/C11H7F3INO3/c1-2-18-10(17)7-3-6(19-11(12,13)14)4-9(15)8(7)5-16/h3-4H,2H2,1H3. The van der Waals surface area contributed by atoms with Crippen LogP contribution in [0.2, 0.25) is 0 Å². The summed E-state index contributed by atoms with van der Waals surface area (Å²) in [6, 6.07) is 3.61. The number of rotatable bonds is 3. The summed E-state index contributed by atoms with van der Waals surface area (Å²) >= 11 is 1.65. The predicted molar refractivity (Wildman–Crippen MR) is 66.5 cm³/mol. The molecule has 0 aliphatic heterocycles. The molecule has 4 nitrogen and oxygen atoms in total. The molecule has 0 unspecified atom stereocenters. The van der Waals surface area contributed by atoms with Gasteiger partial charge in [0.15, 0.2) is 0 Å². The van der Waals surface area contributed by atoms with Gasteiger partial charge in [-0.15, -0.1) is 13.2 Å². The van der Waals surface area contributed by atoms with Crippen molar-refractivity contribution in [1.82, 2.24) is 0 Å². The van der Waals surface area contributed by atoms with Crippen LogP contribution < -0.4 is 4.74 Å². The second-order valence-electron chi connectivity index (χ2n) is 3.21. The number of nitriles is 1. The van der Waals surface area contributed by atoms with Gasteiger partial charge in [-0.2, -0.15) is 5.26 Å². The molecule has 1 aromatic carbocycles. The summed E-state index contributed by atoms with van der Waals surface area (Å²) in [4.78, 5) is 11.6. The number of halogens is 4. The Hall–Kier alpha value is -1.50. The van der Waals surface area contributed by atoms with Crippen LogP contribution in [-0.4, -0.2) is 18.9 Å². The van der Waals surface area contributed by atoms with Crippen LogP contribution in [0.15, 0.2) is 12.1 Å². The SMILES string of the molecule is CCOC(=O)c1cc(OC(F)(F)F)cc(I)c1C#N. The summed E-state index contributed by atoms with van der Waals surface area (Å²) < 4.78 is 45.0. The summed E-state index contributed by atoms with van der Waals surface area (Å²) in [6.07, 6.45) is -4.87. The van der Waals surface area contributed by atoms with E-state index >= 15 is 0 Å². The summed E-state index contributed by atoms with van der Waals surface area (Å²) in [5, 5.41) is 8.91. The number of esters is 1. The lowest BCUT2D eigenvalue weighted by molar-refractivity contribution is -0.274. The van der Waals surface area contributed by atoms with Crippen molar-refractivity contribution >= 4 is 28.6 Å². The molecule has 1 rings (SSSR count). The van der Waals surface area contributed by atoms with Gasteiger partial charge in [-0.3, -0.25) is 0 Å². The Labute approximate surface area is 120 Å². The highest BCUT2D eigenvalue weighted by Gasteiger charge is 2.32. The van der Waals surface area contributed by atoms with Crippen LogP contribution in [0.4, 0.5) is 13.2 Å². The Morgan fingerprint density at radius 1 is 1.47 bits per heavy atom. The first-order valence-corrected chi connectivity index (χ1v) is 6.03. The average Bonchev–Trinajstić information content (AvgIpc) is 2.26. The van der Waals surface area contributed by atoms with Gasteiger partial charge in [-0.25, -0.2) is 4.79 Å². The van der Waals surface area contributed by atoms with Crippen LogP contribution in [-0.2, 0) is 4.74 Å². The molecule has 1 aromatic rings. The quantitative estimate of drug-likeness (QED) is 0.592. The maximum atomic E-state index is 12.1. The van der Waals surface area contributed by atoms with Gasteiger partial charge in [0.2, 0.25) is 0 Å². The van der Waals surface area contributed by atoms with Crippen LogP contribution in [0.5, 0.6) is 5.75 Å². The number of ether oxygens (including phenoxy) is 2. The lowest BCUT2D eigenvalue weighted by Gasteiger charge is -2.12. The Kier molecular flexibility index (Phi) is 4.99. The molecular formula is C11H7F3INO3. The third-order valence-electron chi connectivity index (χ3n) is 1.90. The topological polar surface area (TPSA) is 59.3 Å². The van der Waals surface area contributed by atoms with E-state index in [0.29, 0.717) is 0 Å². The van der Waals surface area contributed by atoms with Gasteiger partial charge in [0.1, 0.15) is 11.8 Å². The normalized spacial score (nSPS) is 10.7. The molecule has 102 valence electrons. The molecule has 0 saturated carbocycles. The summed E-state index contributed by atoms with van der Waals surface area (Å²) in [6.45, 7) is 1.59. The van der Waals surface area contributed by atoms with Gasteiger partial charge in [-0.05, 0) is 41.6 Å². The Morgan fingerprint density at radius 2 is 2.11 bits per heavy atom. The molecule has 0 atom stereocenters. The largest absolute Gasteiger partial charge is 0.573 e. The molecule has 0 bridgehead atoms. The third kappa shape index (κ3) is 4.27. The fourth-order valence-electron chi connectivity index (χ4n) is 1.26. The minimum Gasteiger partial charge on any atom is -0.462 e. The predicted octanol–water partition coefficient (Wildman–Crippen LogP) is 3.24. The van der Waals surface area contributed by atoms with E-state index in [1.165, 1.54) is 0 Å². The summed E-state index contributed by atoms with van der Waals surface area (Å²) in [5.74, 6) is -1.44. The second-order valence-corrected chi connectivity index (χ2v) is 4.37. The number of alkyl halides is 3. The zero-order chi connectivity index (χ0) is 14.6. The second kappa shape index (κ2) is 6.10. The van der Waals surface area contributed by atoms with E-state index in [2.05, 4.69) is 9.47 Å². The summed E-state index contributed by atoms with van der Waals surface area (Å²) in [5.41, 5.74) is -0.302. The third-order valence-corrected chi connectivity index (χ3v) is 2.76. The lowest BCUT2D eigenvalue weighted by atomic mass is 10.1. The molecule has 8 heteroatoms. The first-order valence-electron chi connectivity index (χ1n) is 4.95. The minimum atomic E-state index is -4.87. The Morgan fingerprint density at radius 3 is 2.58 bits per heavy atom. The van der Waals surface area contributed by atoms with E-state index in [1.807, 2.05) is 0 Å². The van der Waals surface area contributed by atoms with Crippen molar-refractivity contribution in [2.75, 3.05) is 6.61 Å². The van der Waals surface area contributed by atoms with Crippen LogP contribution in [0, 0.1) is 14.9 Å². The fraction of sp³-hybridized carbons (Fsp3) is 0.273. The highest BCUT2D eigenvalue weighted by atomic mass is 127. The monoisotopic (exact) mass is 385 g/mol. The van der Waals surface area contributed by atoms with E-state index < -0.39 is 18.1 Å². The molecule has 0 amide bonds. The molecule has 0 radical (unpaired) electrons. The van der Waals surface area contributed by atoms with E-state index in [1.54, 1.807) is 35.6 Å². The van der Waals surface area contributed by atoms with E-state index in [-0.39, 0.29) is 21.3 Å². The van der Waals surface area contributed by atoms with Crippen LogP contribution in [0.25, 0.3) is 0 Å². The first kappa shape index (κ1) is 15.6. The minimum absolute atomic E-state index is 0.0463. The highest BCUT2D eigenvalue weighted by molar-refractivity contribution is 14.1. The lowest BCUT2D eigenvalue weighted by Crippen LogP contribution is -2.18. The van der Waals surface area contributed by atoms with Crippen molar-refractivity contribution in [2.45, 2.75) is 13.3 Å². The number of hydrogen-bond acceptors (Lipinski definition) is 4. The maximum absolute atomic E-state index is 12.1. The van der Waals surface area contributed by atoms with E-state index in [4.69, 9.17) is 5.26 Å². The van der Waals surface area contributed by atoms with Gasteiger partial charge < -0.3 is 9.47 Å². The van der Waals surface area contributed by atoms with Crippen molar-refractivity contribution in [3.8, 4) is 11.8 Å².